The van der Waals surface area contributed by atoms with Gasteiger partial charge in [-0.2, -0.15) is 0 Å². The number of hydrogen-bond donors (Lipinski definition) is 1. The molecule has 90 valence electrons. The van der Waals surface area contributed by atoms with Gasteiger partial charge in [0.15, 0.2) is 0 Å². The summed E-state index contributed by atoms with van der Waals surface area (Å²) in [7, 11) is 0. The quantitative estimate of drug-likeness (QED) is 0.750. The van der Waals surface area contributed by atoms with E-state index in [0.29, 0.717) is 0 Å². The van der Waals surface area contributed by atoms with Crippen molar-refractivity contribution in [3.8, 4) is 0 Å². The van der Waals surface area contributed by atoms with E-state index in [1.807, 2.05) is 25.1 Å². The zero-order chi connectivity index (χ0) is 12.8. The molecule has 0 radical (unpaired) electrons. The molecule has 0 amide bonds. The highest BCUT2D eigenvalue weighted by molar-refractivity contribution is 5.70. The van der Waals surface area contributed by atoms with Crippen LogP contribution in [0.1, 0.15) is 18.1 Å². The second-order valence-corrected chi connectivity index (χ2v) is 4.27. The van der Waals surface area contributed by atoms with Crippen molar-refractivity contribution in [1.82, 2.24) is 0 Å². The van der Waals surface area contributed by atoms with Crippen LogP contribution in [0.5, 0.6) is 0 Å². The van der Waals surface area contributed by atoms with Gasteiger partial charge in [0, 0.05) is 11.4 Å². The Bertz CT molecular complexity index is 536. The van der Waals surface area contributed by atoms with Gasteiger partial charge in [-0.05, 0) is 30.2 Å². The first-order valence-corrected chi connectivity index (χ1v) is 6.00. The third-order valence-corrected chi connectivity index (χ3v) is 2.54. The van der Waals surface area contributed by atoms with Crippen LogP contribution >= 0.6 is 0 Å². The van der Waals surface area contributed by atoms with Gasteiger partial charge in [0.25, 0.3) is 0 Å². The summed E-state index contributed by atoms with van der Waals surface area (Å²) in [4.78, 5) is 0. The van der Waals surface area contributed by atoms with Crippen LogP contribution in [0.25, 0.3) is 12.2 Å². The number of allylic oxidation sites excluding steroid dienone is 1. The summed E-state index contributed by atoms with van der Waals surface area (Å²) in [5.41, 5.74) is 4.41. The van der Waals surface area contributed by atoms with E-state index in [1.54, 1.807) is 0 Å². The lowest BCUT2D eigenvalue weighted by Gasteiger charge is -2.04. The molecule has 1 N–H and O–H groups in total. The number of benzene rings is 2. The fraction of sp³-hybridized carbons (Fsp3) is 0.0588. The van der Waals surface area contributed by atoms with Crippen LogP contribution < -0.4 is 5.32 Å². The Kier molecular flexibility index (Phi) is 3.98. The Morgan fingerprint density at radius 2 is 1.44 bits per heavy atom. The summed E-state index contributed by atoms with van der Waals surface area (Å²) in [6.07, 6.45) is 4.22. The Morgan fingerprint density at radius 1 is 0.889 bits per heavy atom. The fourth-order valence-electron chi connectivity index (χ4n) is 1.68. The van der Waals surface area contributed by atoms with Crippen LogP contribution in [0, 0.1) is 0 Å². The van der Waals surface area contributed by atoms with Crippen molar-refractivity contribution in [2.45, 2.75) is 6.92 Å². The molecule has 2 aromatic carbocycles. The van der Waals surface area contributed by atoms with E-state index in [2.05, 4.69) is 60.4 Å². The van der Waals surface area contributed by atoms with Crippen molar-refractivity contribution in [2.75, 3.05) is 5.32 Å². The summed E-state index contributed by atoms with van der Waals surface area (Å²) in [6, 6.07) is 18.6. The first-order chi connectivity index (χ1) is 8.74. The van der Waals surface area contributed by atoms with E-state index in [-0.39, 0.29) is 0 Å². The van der Waals surface area contributed by atoms with Gasteiger partial charge in [0.1, 0.15) is 0 Å². The number of rotatable bonds is 4. The summed E-state index contributed by atoms with van der Waals surface area (Å²) >= 11 is 0. The van der Waals surface area contributed by atoms with Gasteiger partial charge >= 0.3 is 0 Å². The summed E-state index contributed by atoms with van der Waals surface area (Å²) in [6.45, 7) is 5.77. The van der Waals surface area contributed by atoms with E-state index in [0.717, 1.165) is 11.4 Å². The maximum absolute atomic E-state index is 3.82. The fourth-order valence-corrected chi connectivity index (χ4v) is 1.68. The van der Waals surface area contributed by atoms with Crippen molar-refractivity contribution >= 4 is 17.8 Å². The topological polar surface area (TPSA) is 12.0 Å². The van der Waals surface area contributed by atoms with Gasteiger partial charge in [-0.25, -0.2) is 0 Å². The molecule has 0 heterocycles. The van der Waals surface area contributed by atoms with Crippen LogP contribution in [0.3, 0.4) is 0 Å². The van der Waals surface area contributed by atoms with Crippen molar-refractivity contribution in [3.05, 3.63) is 78.0 Å². The minimum atomic E-state index is 0.947. The molecule has 0 fully saturated rings. The Labute approximate surface area is 108 Å². The highest BCUT2D eigenvalue weighted by atomic mass is 14.9. The molecule has 0 aliphatic rings. The van der Waals surface area contributed by atoms with E-state index >= 15 is 0 Å². The molecule has 0 saturated heterocycles. The van der Waals surface area contributed by atoms with E-state index < -0.39 is 0 Å². The Morgan fingerprint density at radius 3 is 2.00 bits per heavy atom. The highest BCUT2D eigenvalue weighted by Gasteiger charge is 1.91. The Balaban J connectivity index is 2.06. The van der Waals surface area contributed by atoms with Gasteiger partial charge in [-0.15, -0.1) is 0 Å². The standard InChI is InChI=1S/C17H17N/c1-14(2)18-17-12-10-16(11-13-17)9-8-15-6-4-3-5-7-15/h3-13,18H,1H2,2H3/b9-8+. The molecule has 0 bridgehead atoms. The summed E-state index contributed by atoms with van der Waals surface area (Å²) < 4.78 is 0. The second kappa shape index (κ2) is 5.87. The molecule has 1 heteroatoms. The lowest BCUT2D eigenvalue weighted by molar-refractivity contribution is 1.40. The predicted octanol–water partition coefficient (Wildman–Crippen LogP) is 4.80. The Hall–Kier alpha value is -2.28. The maximum Gasteiger partial charge on any atom is 0.0381 e. The largest absolute Gasteiger partial charge is 0.360 e. The maximum atomic E-state index is 3.82. The monoisotopic (exact) mass is 235 g/mol. The van der Waals surface area contributed by atoms with Crippen LogP contribution in [-0.4, -0.2) is 0 Å². The number of hydrogen-bond acceptors (Lipinski definition) is 1. The molecular weight excluding hydrogens is 218 g/mol. The molecule has 0 aliphatic heterocycles. The third-order valence-electron chi connectivity index (χ3n) is 2.54. The molecule has 0 saturated carbocycles. The molecule has 2 rings (SSSR count). The average molecular weight is 235 g/mol. The molecule has 0 aliphatic carbocycles. The van der Waals surface area contributed by atoms with Gasteiger partial charge in [0.05, 0.1) is 0 Å². The van der Waals surface area contributed by atoms with Gasteiger partial charge in [-0.1, -0.05) is 61.2 Å². The average Bonchev–Trinajstić information content (AvgIpc) is 2.38. The lowest BCUT2D eigenvalue weighted by atomic mass is 10.1. The van der Waals surface area contributed by atoms with E-state index in [1.165, 1.54) is 11.1 Å². The van der Waals surface area contributed by atoms with Gasteiger partial charge < -0.3 is 5.32 Å². The molecule has 18 heavy (non-hydrogen) atoms. The van der Waals surface area contributed by atoms with E-state index in [4.69, 9.17) is 0 Å². The number of anilines is 1. The minimum absolute atomic E-state index is 0.947. The van der Waals surface area contributed by atoms with Crippen molar-refractivity contribution in [1.29, 1.82) is 0 Å². The zero-order valence-electron chi connectivity index (χ0n) is 10.6. The molecule has 0 aromatic heterocycles. The van der Waals surface area contributed by atoms with Gasteiger partial charge in [0.2, 0.25) is 0 Å². The van der Waals surface area contributed by atoms with Crippen molar-refractivity contribution in [3.63, 3.8) is 0 Å². The van der Waals surface area contributed by atoms with Crippen LogP contribution in [0.2, 0.25) is 0 Å². The molecule has 1 nitrogen and oxygen atoms in total. The van der Waals surface area contributed by atoms with Crippen LogP contribution in [-0.2, 0) is 0 Å². The normalized spacial score (nSPS) is 10.5. The van der Waals surface area contributed by atoms with Crippen molar-refractivity contribution < 1.29 is 0 Å². The SMILES string of the molecule is C=C(C)Nc1ccc(/C=C/c2ccccc2)cc1. The first-order valence-electron chi connectivity index (χ1n) is 6.00. The minimum Gasteiger partial charge on any atom is -0.360 e. The number of nitrogens with one attached hydrogen (secondary N) is 1. The van der Waals surface area contributed by atoms with Gasteiger partial charge in [-0.3, -0.25) is 0 Å². The molecular formula is C17H17N. The third kappa shape index (κ3) is 3.63. The molecule has 0 spiro atoms. The molecule has 0 unspecified atom stereocenters. The summed E-state index contributed by atoms with van der Waals surface area (Å²) in [5.74, 6) is 0. The smallest absolute Gasteiger partial charge is 0.0381 e. The molecule has 2 aromatic rings. The highest BCUT2D eigenvalue weighted by Crippen LogP contribution is 2.13. The zero-order valence-corrected chi connectivity index (χ0v) is 10.6. The van der Waals surface area contributed by atoms with E-state index in [9.17, 15) is 0 Å². The summed E-state index contributed by atoms with van der Waals surface area (Å²) in [5, 5.41) is 3.19. The van der Waals surface area contributed by atoms with Crippen LogP contribution in [0.15, 0.2) is 66.9 Å². The molecule has 0 atom stereocenters. The lowest BCUT2D eigenvalue weighted by Crippen LogP contribution is -1.92. The first kappa shape index (κ1) is 12.2. The van der Waals surface area contributed by atoms with Crippen molar-refractivity contribution in [2.24, 2.45) is 0 Å². The predicted molar refractivity (Wildman–Crippen MR) is 80.2 cm³/mol. The van der Waals surface area contributed by atoms with Crippen LogP contribution in [0.4, 0.5) is 5.69 Å². The second-order valence-electron chi connectivity index (χ2n) is 4.27.